The van der Waals surface area contributed by atoms with Gasteiger partial charge in [-0.3, -0.25) is 0 Å². The van der Waals surface area contributed by atoms with Crippen molar-refractivity contribution in [3.05, 3.63) is 62.1 Å². The van der Waals surface area contributed by atoms with Crippen molar-refractivity contribution in [1.29, 1.82) is 0 Å². The van der Waals surface area contributed by atoms with Gasteiger partial charge < -0.3 is 14.8 Å². The molecule has 2 aromatic rings. The molecule has 0 amide bonds. The molecule has 0 saturated heterocycles. The molecule has 6 heteroatoms. The first-order valence-electron chi connectivity index (χ1n) is 8.13. The summed E-state index contributed by atoms with van der Waals surface area (Å²) >= 11 is 16.5. The fourth-order valence-corrected chi connectivity index (χ4v) is 5.03. The quantitative estimate of drug-likeness (QED) is 0.529. The van der Waals surface area contributed by atoms with Crippen LogP contribution in [0.2, 0.25) is 10.0 Å². The van der Waals surface area contributed by atoms with Crippen LogP contribution in [0.25, 0.3) is 0 Å². The first-order chi connectivity index (χ1) is 12.1. The number of anilines is 1. The maximum atomic E-state index is 6.51. The smallest absolute Gasteiger partial charge is 0.231 e. The van der Waals surface area contributed by atoms with Crippen LogP contribution in [0, 0.1) is 5.92 Å². The molecule has 5 rings (SSSR count). The van der Waals surface area contributed by atoms with Crippen molar-refractivity contribution in [3.63, 3.8) is 0 Å². The third kappa shape index (κ3) is 2.38. The van der Waals surface area contributed by atoms with Crippen LogP contribution < -0.4 is 14.8 Å². The van der Waals surface area contributed by atoms with Crippen molar-refractivity contribution in [2.75, 3.05) is 12.1 Å². The second-order valence-corrected chi connectivity index (χ2v) is 8.17. The molecule has 0 spiro atoms. The first-order valence-corrected chi connectivity index (χ1v) is 9.68. The zero-order valence-corrected chi connectivity index (χ0v) is 16.2. The molecule has 0 aromatic heterocycles. The molecular weight excluding hydrogens is 425 g/mol. The topological polar surface area (TPSA) is 30.5 Å². The van der Waals surface area contributed by atoms with E-state index in [9.17, 15) is 0 Å². The summed E-state index contributed by atoms with van der Waals surface area (Å²) in [5.41, 5.74) is 3.28. The van der Waals surface area contributed by atoms with E-state index in [0.29, 0.717) is 21.9 Å². The van der Waals surface area contributed by atoms with Crippen molar-refractivity contribution in [3.8, 4) is 11.5 Å². The van der Waals surface area contributed by atoms with Crippen LogP contribution in [-0.4, -0.2) is 6.79 Å². The van der Waals surface area contributed by atoms with Gasteiger partial charge in [0.15, 0.2) is 11.5 Å². The lowest BCUT2D eigenvalue weighted by Gasteiger charge is -2.38. The van der Waals surface area contributed by atoms with Crippen molar-refractivity contribution < 1.29 is 9.47 Å². The molecule has 3 atom stereocenters. The Morgan fingerprint density at radius 1 is 1.08 bits per heavy atom. The average Bonchev–Trinajstić information content (AvgIpc) is 3.25. The van der Waals surface area contributed by atoms with E-state index in [1.807, 2.05) is 12.1 Å². The second-order valence-electron chi connectivity index (χ2n) is 6.53. The number of hydrogen-bond donors (Lipinski definition) is 1. The molecule has 25 heavy (non-hydrogen) atoms. The van der Waals surface area contributed by atoms with Crippen LogP contribution in [0.1, 0.15) is 29.5 Å². The number of benzene rings is 2. The zero-order chi connectivity index (χ0) is 17.1. The standard InChI is InChI=1S/C19H14BrCl2NO2/c20-13-7-16-15(24-8-25-16)6-12(13)18-10-3-1-2-9(10)11-4-5-14(21)17(22)19(11)23-18/h1-2,4-7,9-10,18,23H,3,8H2/t9-,10+,18-/m1/s1. The van der Waals surface area contributed by atoms with Gasteiger partial charge in [0.1, 0.15) is 0 Å². The SMILES string of the molecule is Clc1ccc2c(c1Cl)N[C@@H](c1cc3c(cc1Br)OCO3)[C@H]1CC=C[C@@H]21. The van der Waals surface area contributed by atoms with E-state index in [0.717, 1.165) is 33.6 Å². The van der Waals surface area contributed by atoms with Gasteiger partial charge in [0.2, 0.25) is 6.79 Å². The normalized spacial score (nSPS) is 25.5. The Labute approximate surface area is 164 Å². The summed E-state index contributed by atoms with van der Waals surface area (Å²) in [6.45, 7) is 0.265. The van der Waals surface area contributed by atoms with E-state index in [1.54, 1.807) is 0 Å². The minimum atomic E-state index is 0.104. The van der Waals surface area contributed by atoms with Crippen LogP contribution in [0.5, 0.6) is 11.5 Å². The minimum Gasteiger partial charge on any atom is -0.454 e. The maximum absolute atomic E-state index is 6.51. The summed E-state index contributed by atoms with van der Waals surface area (Å²) in [6, 6.07) is 8.10. The summed E-state index contributed by atoms with van der Waals surface area (Å²) in [6.07, 6.45) is 5.55. The highest BCUT2D eigenvalue weighted by molar-refractivity contribution is 9.10. The lowest BCUT2D eigenvalue weighted by atomic mass is 9.77. The Balaban J connectivity index is 1.65. The van der Waals surface area contributed by atoms with E-state index < -0.39 is 0 Å². The van der Waals surface area contributed by atoms with Crippen LogP contribution in [0.3, 0.4) is 0 Å². The zero-order valence-electron chi connectivity index (χ0n) is 13.1. The van der Waals surface area contributed by atoms with Gasteiger partial charge in [-0.25, -0.2) is 0 Å². The van der Waals surface area contributed by atoms with Gasteiger partial charge in [-0.1, -0.05) is 57.4 Å². The van der Waals surface area contributed by atoms with Crippen molar-refractivity contribution in [2.45, 2.75) is 18.4 Å². The largest absolute Gasteiger partial charge is 0.454 e. The van der Waals surface area contributed by atoms with Gasteiger partial charge >= 0.3 is 0 Å². The highest BCUT2D eigenvalue weighted by Gasteiger charge is 2.40. The van der Waals surface area contributed by atoms with Crippen LogP contribution in [-0.2, 0) is 0 Å². The number of allylic oxidation sites excluding steroid dienone is 2. The van der Waals surface area contributed by atoms with Gasteiger partial charge in [-0.2, -0.15) is 0 Å². The average molecular weight is 439 g/mol. The van der Waals surface area contributed by atoms with Gasteiger partial charge in [0, 0.05) is 10.4 Å². The molecule has 128 valence electrons. The van der Waals surface area contributed by atoms with E-state index >= 15 is 0 Å². The van der Waals surface area contributed by atoms with Crippen LogP contribution >= 0.6 is 39.1 Å². The molecule has 0 fully saturated rings. The lowest BCUT2D eigenvalue weighted by Crippen LogP contribution is -2.29. The predicted octanol–water partition coefficient (Wildman–Crippen LogP) is 6.31. The molecule has 0 unspecified atom stereocenters. The van der Waals surface area contributed by atoms with Crippen LogP contribution in [0.15, 0.2) is 40.9 Å². The van der Waals surface area contributed by atoms with Gasteiger partial charge in [-0.15, -0.1) is 0 Å². The molecule has 2 aromatic carbocycles. The van der Waals surface area contributed by atoms with E-state index in [4.69, 9.17) is 32.7 Å². The Morgan fingerprint density at radius 3 is 2.72 bits per heavy atom. The van der Waals surface area contributed by atoms with E-state index in [1.165, 1.54) is 5.56 Å². The summed E-state index contributed by atoms with van der Waals surface area (Å²) in [5.74, 6) is 2.30. The highest BCUT2D eigenvalue weighted by atomic mass is 79.9. The molecule has 0 saturated carbocycles. The van der Waals surface area contributed by atoms with E-state index in [2.05, 4.69) is 45.5 Å². The number of hydrogen-bond acceptors (Lipinski definition) is 3. The van der Waals surface area contributed by atoms with Crippen molar-refractivity contribution in [2.24, 2.45) is 5.92 Å². The van der Waals surface area contributed by atoms with Gasteiger partial charge in [0.25, 0.3) is 0 Å². The molecule has 3 aliphatic rings. The highest BCUT2D eigenvalue weighted by Crippen LogP contribution is 2.54. The monoisotopic (exact) mass is 437 g/mol. The molecule has 1 aliphatic carbocycles. The summed E-state index contributed by atoms with van der Waals surface area (Å²) in [5, 5.41) is 4.79. The molecule has 2 aliphatic heterocycles. The van der Waals surface area contributed by atoms with Crippen molar-refractivity contribution >= 4 is 44.8 Å². The number of ether oxygens (including phenoxy) is 2. The third-order valence-electron chi connectivity index (χ3n) is 5.25. The van der Waals surface area contributed by atoms with E-state index in [-0.39, 0.29) is 12.8 Å². The molecule has 2 heterocycles. The summed E-state index contributed by atoms with van der Waals surface area (Å²) < 4.78 is 12.1. The maximum Gasteiger partial charge on any atom is 0.231 e. The third-order valence-corrected chi connectivity index (χ3v) is 6.75. The fourth-order valence-electron chi connectivity index (χ4n) is 4.08. The summed E-state index contributed by atoms with van der Waals surface area (Å²) in [7, 11) is 0. The fraction of sp³-hybridized carbons (Fsp3) is 0.263. The molecule has 1 N–H and O–H groups in total. The number of rotatable bonds is 1. The number of fused-ring (bicyclic) bond motifs is 4. The second kappa shape index (κ2) is 5.83. The molecule has 0 bridgehead atoms. The van der Waals surface area contributed by atoms with Gasteiger partial charge in [-0.05, 0) is 41.7 Å². The Morgan fingerprint density at radius 2 is 1.88 bits per heavy atom. The Bertz CT molecular complexity index is 915. The van der Waals surface area contributed by atoms with Crippen molar-refractivity contribution in [1.82, 2.24) is 0 Å². The lowest BCUT2D eigenvalue weighted by molar-refractivity contribution is 0.174. The summed E-state index contributed by atoms with van der Waals surface area (Å²) in [4.78, 5) is 0. The molecule has 0 radical (unpaired) electrons. The van der Waals surface area contributed by atoms with Crippen LogP contribution in [0.4, 0.5) is 5.69 Å². The predicted molar refractivity (Wildman–Crippen MR) is 103 cm³/mol. The number of halogens is 3. The minimum absolute atomic E-state index is 0.104. The Kier molecular flexibility index (Phi) is 3.70. The molecular formula is C19H14BrCl2NO2. The van der Waals surface area contributed by atoms with Gasteiger partial charge in [0.05, 0.1) is 21.8 Å². The first kappa shape index (κ1) is 15.9. The molecule has 3 nitrogen and oxygen atoms in total. The Hall–Kier alpha value is -1.36. The number of nitrogens with one attached hydrogen (secondary N) is 1.